The predicted molar refractivity (Wildman–Crippen MR) is 67.1 cm³/mol. The molecule has 0 aromatic carbocycles. The van der Waals surface area contributed by atoms with E-state index in [1.165, 1.54) is 26.0 Å². The van der Waals surface area contributed by atoms with Crippen molar-refractivity contribution in [2.24, 2.45) is 0 Å². The zero-order valence-corrected chi connectivity index (χ0v) is 12.8. The van der Waals surface area contributed by atoms with E-state index in [9.17, 15) is 21.6 Å². The van der Waals surface area contributed by atoms with Gasteiger partial charge in [0.15, 0.2) is 0 Å². The van der Waals surface area contributed by atoms with Gasteiger partial charge in [0.25, 0.3) is 10.0 Å². The van der Waals surface area contributed by atoms with E-state index in [1.807, 2.05) is 0 Å². The maximum atomic E-state index is 12.4. The van der Waals surface area contributed by atoms with Gasteiger partial charge in [-0.15, -0.1) is 11.3 Å². The van der Waals surface area contributed by atoms with E-state index in [1.54, 1.807) is 0 Å². The lowest BCUT2D eigenvalue weighted by Crippen LogP contribution is -2.42. The molecule has 1 heterocycles. The number of hydrogen-bond acceptors (Lipinski definition) is 3. The Kier molecular flexibility index (Phi) is 4.85. The molecular weight excluding hydrogens is 355 g/mol. The molecule has 0 saturated heterocycles. The molecule has 0 aliphatic carbocycles. The van der Waals surface area contributed by atoms with Gasteiger partial charge >= 0.3 is 6.18 Å². The zero-order chi connectivity index (χ0) is 14.1. The summed E-state index contributed by atoms with van der Waals surface area (Å²) in [4.78, 5) is 0. The van der Waals surface area contributed by atoms with E-state index in [0.717, 1.165) is 11.3 Å². The Morgan fingerprint density at radius 1 is 1.39 bits per heavy atom. The largest absolute Gasteiger partial charge is 0.402 e. The summed E-state index contributed by atoms with van der Waals surface area (Å²) in [6.45, 7) is 1.33. The molecule has 0 fully saturated rings. The monoisotopic (exact) mass is 365 g/mol. The summed E-state index contributed by atoms with van der Waals surface area (Å²) >= 11 is 3.97. The van der Waals surface area contributed by atoms with Crippen LogP contribution in [0.1, 0.15) is 13.8 Å². The Morgan fingerprint density at radius 3 is 2.28 bits per heavy atom. The first-order valence-corrected chi connectivity index (χ1v) is 7.93. The molecule has 0 amide bonds. The highest BCUT2D eigenvalue weighted by atomic mass is 79.9. The van der Waals surface area contributed by atoms with Crippen LogP contribution in [0.15, 0.2) is 20.1 Å². The molecule has 1 aromatic rings. The van der Waals surface area contributed by atoms with E-state index in [4.69, 9.17) is 0 Å². The van der Waals surface area contributed by atoms with Crippen molar-refractivity contribution in [2.45, 2.75) is 30.3 Å². The van der Waals surface area contributed by atoms with Crippen molar-refractivity contribution in [2.75, 3.05) is 6.54 Å². The van der Waals surface area contributed by atoms with Gasteiger partial charge in [-0.1, -0.05) is 0 Å². The molecule has 0 atom stereocenters. The molecule has 1 rings (SSSR count). The van der Waals surface area contributed by atoms with E-state index in [0.29, 0.717) is 8.09 Å². The second-order valence-electron chi connectivity index (χ2n) is 3.82. The van der Waals surface area contributed by atoms with Crippen molar-refractivity contribution < 1.29 is 21.6 Å². The molecule has 0 spiro atoms. The minimum Gasteiger partial charge on any atom is -0.206 e. The van der Waals surface area contributed by atoms with Gasteiger partial charge in [0.05, 0.1) is 3.79 Å². The van der Waals surface area contributed by atoms with Gasteiger partial charge in [-0.2, -0.15) is 17.5 Å². The third-order valence-corrected chi connectivity index (χ3v) is 6.14. The number of alkyl halides is 3. The second-order valence-corrected chi connectivity index (χ2v) is 8.40. The molecule has 0 aliphatic heterocycles. The average Bonchev–Trinajstić information content (AvgIpc) is 2.60. The molecule has 18 heavy (non-hydrogen) atoms. The van der Waals surface area contributed by atoms with Crippen molar-refractivity contribution in [1.82, 2.24) is 4.31 Å². The molecule has 104 valence electrons. The lowest BCUT2D eigenvalue weighted by Gasteiger charge is -2.26. The van der Waals surface area contributed by atoms with Crippen LogP contribution in [-0.2, 0) is 10.0 Å². The fourth-order valence-corrected chi connectivity index (χ4v) is 5.04. The van der Waals surface area contributed by atoms with Crippen molar-refractivity contribution >= 4 is 37.3 Å². The van der Waals surface area contributed by atoms with Crippen LogP contribution in [0.3, 0.4) is 0 Å². The SMILES string of the molecule is CC(C)N(CC(F)(F)F)S(=O)(=O)c1ccc(Br)s1. The van der Waals surface area contributed by atoms with Crippen molar-refractivity contribution in [3.63, 3.8) is 0 Å². The fourth-order valence-electron chi connectivity index (χ4n) is 1.27. The molecule has 9 heteroatoms. The Bertz CT molecular complexity index is 510. The number of hydrogen-bond donors (Lipinski definition) is 0. The smallest absolute Gasteiger partial charge is 0.206 e. The van der Waals surface area contributed by atoms with Crippen LogP contribution in [0, 0.1) is 0 Å². The molecule has 0 saturated carbocycles. The number of halogens is 4. The molecule has 0 N–H and O–H groups in total. The van der Waals surface area contributed by atoms with Gasteiger partial charge < -0.3 is 0 Å². The van der Waals surface area contributed by atoms with E-state index < -0.39 is 28.8 Å². The van der Waals surface area contributed by atoms with Crippen LogP contribution >= 0.6 is 27.3 Å². The Hall–Kier alpha value is -0.120. The van der Waals surface area contributed by atoms with Crippen molar-refractivity contribution in [3.8, 4) is 0 Å². The highest BCUT2D eigenvalue weighted by molar-refractivity contribution is 9.11. The molecule has 3 nitrogen and oxygen atoms in total. The molecule has 0 bridgehead atoms. The summed E-state index contributed by atoms with van der Waals surface area (Å²) in [6.07, 6.45) is -4.56. The first kappa shape index (κ1) is 15.9. The summed E-state index contributed by atoms with van der Waals surface area (Å²) in [5.41, 5.74) is 0. The summed E-state index contributed by atoms with van der Waals surface area (Å²) < 4.78 is 62.3. The van der Waals surface area contributed by atoms with Gasteiger partial charge in [-0.3, -0.25) is 0 Å². The minimum absolute atomic E-state index is 0.104. The lowest BCUT2D eigenvalue weighted by molar-refractivity contribution is -0.138. The normalized spacial score (nSPS) is 13.6. The molecular formula is C9H11BrF3NO2S2. The number of thiophene rings is 1. The second kappa shape index (κ2) is 5.48. The van der Waals surface area contributed by atoms with E-state index >= 15 is 0 Å². The van der Waals surface area contributed by atoms with E-state index in [-0.39, 0.29) is 4.21 Å². The maximum Gasteiger partial charge on any atom is 0.402 e. The third-order valence-electron chi connectivity index (χ3n) is 2.02. The summed E-state index contributed by atoms with van der Waals surface area (Å²) in [7, 11) is -4.11. The van der Waals surface area contributed by atoms with Gasteiger partial charge in [-0.25, -0.2) is 8.42 Å². The van der Waals surface area contributed by atoms with Gasteiger partial charge in [0.1, 0.15) is 10.8 Å². The zero-order valence-electron chi connectivity index (χ0n) is 9.53. The lowest BCUT2D eigenvalue weighted by atomic mass is 10.4. The van der Waals surface area contributed by atoms with Crippen LogP contribution < -0.4 is 0 Å². The number of sulfonamides is 1. The quantitative estimate of drug-likeness (QED) is 0.818. The first-order chi connectivity index (χ1) is 8.04. The van der Waals surface area contributed by atoms with Crippen molar-refractivity contribution in [1.29, 1.82) is 0 Å². The molecule has 0 aliphatic rings. The minimum atomic E-state index is -4.56. The van der Waals surface area contributed by atoms with Crippen LogP contribution in [0.5, 0.6) is 0 Å². The summed E-state index contributed by atoms with van der Waals surface area (Å²) in [6, 6.07) is 2.01. The average molecular weight is 366 g/mol. The van der Waals surface area contributed by atoms with Crippen LogP contribution in [-0.4, -0.2) is 31.5 Å². The van der Waals surface area contributed by atoms with Crippen LogP contribution in [0.25, 0.3) is 0 Å². The molecule has 0 radical (unpaired) electrons. The Morgan fingerprint density at radius 2 is 1.94 bits per heavy atom. The third kappa shape index (κ3) is 3.94. The van der Waals surface area contributed by atoms with Gasteiger partial charge in [-0.05, 0) is 41.9 Å². The van der Waals surface area contributed by atoms with Gasteiger partial charge in [0, 0.05) is 6.04 Å². The highest BCUT2D eigenvalue weighted by Gasteiger charge is 2.38. The predicted octanol–water partition coefficient (Wildman–Crippen LogP) is 3.47. The summed E-state index contributed by atoms with van der Waals surface area (Å²) in [5, 5.41) is 0. The fraction of sp³-hybridized carbons (Fsp3) is 0.556. The molecule has 1 aromatic heterocycles. The number of rotatable bonds is 4. The first-order valence-electron chi connectivity index (χ1n) is 4.88. The van der Waals surface area contributed by atoms with Crippen molar-refractivity contribution in [3.05, 3.63) is 15.9 Å². The van der Waals surface area contributed by atoms with Crippen LogP contribution in [0.2, 0.25) is 0 Å². The van der Waals surface area contributed by atoms with Crippen LogP contribution in [0.4, 0.5) is 13.2 Å². The topological polar surface area (TPSA) is 37.4 Å². The standard InChI is InChI=1S/C9H11BrF3NO2S2/c1-6(2)14(5-9(11,12)13)18(15,16)8-4-3-7(10)17-8/h3-4,6H,5H2,1-2H3. The Labute approximate surface area is 116 Å². The maximum absolute atomic E-state index is 12.4. The molecule has 0 unspecified atom stereocenters. The number of nitrogens with zero attached hydrogens (tertiary/aromatic N) is 1. The van der Waals surface area contributed by atoms with Gasteiger partial charge in [0.2, 0.25) is 0 Å². The highest BCUT2D eigenvalue weighted by Crippen LogP contribution is 2.31. The van der Waals surface area contributed by atoms with E-state index in [2.05, 4.69) is 15.9 Å². The summed E-state index contributed by atoms with van der Waals surface area (Å²) in [5.74, 6) is 0. The Balaban J connectivity index is 3.13.